The molecule has 122 valence electrons. The van der Waals surface area contributed by atoms with Gasteiger partial charge in [0.1, 0.15) is 0 Å². The molecular formula is C17H21N3O2S. The van der Waals surface area contributed by atoms with Gasteiger partial charge >= 0.3 is 0 Å². The van der Waals surface area contributed by atoms with Gasteiger partial charge in [0.25, 0.3) is 0 Å². The minimum absolute atomic E-state index is 0.0267. The molecule has 0 aromatic carbocycles. The Balaban J connectivity index is 1.83. The van der Waals surface area contributed by atoms with Crippen molar-refractivity contribution >= 4 is 35.1 Å². The van der Waals surface area contributed by atoms with Crippen molar-refractivity contribution < 1.29 is 9.90 Å². The van der Waals surface area contributed by atoms with Crippen molar-refractivity contribution in [2.75, 3.05) is 25.0 Å². The van der Waals surface area contributed by atoms with Crippen LogP contribution in [0.2, 0.25) is 0 Å². The number of amides is 1. The third kappa shape index (κ3) is 6.22. The molecule has 0 bridgehead atoms. The van der Waals surface area contributed by atoms with Crippen LogP contribution < -0.4 is 10.6 Å². The van der Waals surface area contributed by atoms with E-state index in [0.717, 1.165) is 16.3 Å². The second-order valence-electron chi connectivity index (χ2n) is 4.99. The molecule has 0 unspecified atom stereocenters. The SMILES string of the molecule is CC(=O)NCCNc1ccc(/C=C/c2ccc(CCO)s2)nc1. The maximum atomic E-state index is 10.8. The summed E-state index contributed by atoms with van der Waals surface area (Å²) in [5.41, 5.74) is 1.81. The number of nitrogens with one attached hydrogen (secondary N) is 2. The number of pyridine rings is 1. The third-order valence-electron chi connectivity index (χ3n) is 3.07. The number of aromatic nitrogens is 1. The number of rotatable bonds is 8. The summed E-state index contributed by atoms with van der Waals surface area (Å²) in [7, 11) is 0. The van der Waals surface area contributed by atoms with Crippen molar-refractivity contribution in [3.63, 3.8) is 0 Å². The van der Waals surface area contributed by atoms with E-state index in [1.807, 2.05) is 36.4 Å². The van der Waals surface area contributed by atoms with E-state index in [1.54, 1.807) is 17.5 Å². The van der Waals surface area contributed by atoms with Crippen LogP contribution in [0, 0.1) is 0 Å². The minimum Gasteiger partial charge on any atom is -0.396 e. The van der Waals surface area contributed by atoms with Crippen molar-refractivity contribution in [2.24, 2.45) is 0 Å². The van der Waals surface area contributed by atoms with Gasteiger partial charge in [0.2, 0.25) is 5.91 Å². The van der Waals surface area contributed by atoms with Gasteiger partial charge in [0.15, 0.2) is 0 Å². The van der Waals surface area contributed by atoms with Crippen molar-refractivity contribution in [3.05, 3.63) is 45.9 Å². The predicted octanol–water partition coefficient (Wildman–Crippen LogP) is 2.40. The van der Waals surface area contributed by atoms with Gasteiger partial charge in [-0.05, 0) is 36.4 Å². The standard InChI is InChI=1S/C17H21N3O2S/c1-13(22)18-9-10-19-15-3-2-14(20-12-15)4-5-16-6-7-17(23-16)8-11-21/h2-7,12,19,21H,8-11H2,1H3,(H,18,22)/b5-4+. The van der Waals surface area contributed by atoms with Gasteiger partial charge in [-0.3, -0.25) is 9.78 Å². The molecular weight excluding hydrogens is 310 g/mol. The number of hydrogen-bond acceptors (Lipinski definition) is 5. The van der Waals surface area contributed by atoms with Crippen LogP contribution in [0.15, 0.2) is 30.5 Å². The number of carbonyl (C=O) groups excluding carboxylic acids is 1. The first-order valence-corrected chi connectivity index (χ1v) is 8.31. The Hall–Kier alpha value is -2.18. The second kappa shape index (κ2) is 9.07. The Morgan fingerprint density at radius 1 is 1.26 bits per heavy atom. The number of anilines is 1. The average Bonchev–Trinajstić information content (AvgIpc) is 2.98. The molecule has 2 heterocycles. The highest BCUT2D eigenvalue weighted by molar-refractivity contribution is 7.12. The van der Waals surface area contributed by atoms with Crippen molar-refractivity contribution in [1.29, 1.82) is 0 Å². The number of thiophene rings is 1. The van der Waals surface area contributed by atoms with Crippen molar-refractivity contribution in [2.45, 2.75) is 13.3 Å². The maximum absolute atomic E-state index is 10.8. The lowest BCUT2D eigenvalue weighted by atomic mass is 10.3. The lowest BCUT2D eigenvalue weighted by Crippen LogP contribution is -2.26. The van der Waals surface area contributed by atoms with Crippen LogP contribution in [-0.2, 0) is 11.2 Å². The fraction of sp³-hybridized carbons (Fsp3) is 0.294. The van der Waals surface area contributed by atoms with Crippen LogP contribution >= 0.6 is 11.3 Å². The molecule has 0 aliphatic heterocycles. The highest BCUT2D eigenvalue weighted by Gasteiger charge is 1.97. The van der Waals surface area contributed by atoms with Crippen LogP contribution in [0.1, 0.15) is 22.4 Å². The van der Waals surface area contributed by atoms with E-state index in [4.69, 9.17) is 5.11 Å². The molecule has 1 amide bonds. The van der Waals surface area contributed by atoms with E-state index >= 15 is 0 Å². The summed E-state index contributed by atoms with van der Waals surface area (Å²) in [5, 5.41) is 14.8. The highest BCUT2D eigenvalue weighted by Crippen LogP contribution is 2.19. The van der Waals surface area contributed by atoms with Gasteiger partial charge in [-0.25, -0.2) is 0 Å². The summed E-state index contributed by atoms with van der Waals surface area (Å²) in [5.74, 6) is -0.0267. The molecule has 6 heteroatoms. The smallest absolute Gasteiger partial charge is 0.216 e. The number of aliphatic hydroxyl groups is 1. The molecule has 2 aromatic rings. The molecule has 2 aromatic heterocycles. The zero-order valence-electron chi connectivity index (χ0n) is 13.1. The van der Waals surface area contributed by atoms with Crippen LogP contribution in [0.5, 0.6) is 0 Å². The Kier molecular flexibility index (Phi) is 6.77. The molecule has 0 aliphatic carbocycles. The van der Waals surface area contributed by atoms with Crippen LogP contribution in [0.25, 0.3) is 12.2 Å². The lowest BCUT2D eigenvalue weighted by Gasteiger charge is -2.06. The van der Waals surface area contributed by atoms with Crippen LogP contribution in [-0.4, -0.2) is 35.7 Å². The molecule has 0 atom stereocenters. The van der Waals surface area contributed by atoms with Crippen LogP contribution in [0.3, 0.4) is 0 Å². The highest BCUT2D eigenvalue weighted by atomic mass is 32.1. The fourth-order valence-corrected chi connectivity index (χ4v) is 2.85. The van der Waals surface area contributed by atoms with Gasteiger partial charge in [-0.2, -0.15) is 0 Å². The molecule has 0 aliphatic rings. The van der Waals surface area contributed by atoms with E-state index in [1.165, 1.54) is 11.8 Å². The Labute approximate surface area is 140 Å². The molecule has 23 heavy (non-hydrogen) atoms. The van der Waals surface area contributed by atoms with E-state index in [9.17, 15) is 4.79 Å². The Morgan fingerprint density at radius 2 is 2.13 bits per heavy atom. The Bertz CT molecular complexity index is 650. The van der Waals surface area contributed by atoms with Crippen molar-refractivity contribution in [3.8, 4) is 0 Å². The summed E-state index contributed by atoms with van der Waals surface area (Å²) in [6, 6.07) is 7.99. The fourth-order valence-electron chi connectivity index (χ4n) is 1.95. The number of aliphatic hydroxyl groups excluding tert-OH is 1. The van der Waals surface area contributed by atoms with E-state index < -0.39 is 0 Å². The second-order valence-corrected chi connectivity index (χ2v) is 6.19. The lowest BCUT2D eigenvalue weighted by molar-refractivity contribution is -0.118. The molecule has 0 spiro atoms. The maximum Gasteiger partial charge on any atom is 0.216 e. The van der Waals surface area contributed by atoms with E-state index in [0.29, 0.717) is 19.5 Å². The molecule has 2 rings (SSSR count). The first-order chi connectivity index (χ1) is 11.2. The average molecular weight is 331 g/mol. The monoisotopic (exact) mass is 331 g/mol. The predicted molar refractivity (Wildman–Crippen MR) is 95.4 cm³/mol. The van der Waals surface area contributed by atoms with Gasteiger partial charge in [-0.1, -0.05) is 0 Å². The first-order valence-electron chi connectivity index (χ1n) is 7.49. The first kappa shape index (κ1) is 17.2. The number of hydrogen-bond donors (Lipinski definition) is 3. The minimum atomic E-state index is -0.0267. The summed E-state index contributed by atoms with van der Waals surface area (Å²) < 4.78 is 0. The molecule has 0 saturated carbocycles. The molecule has 5 nitrogen and oxygen atoms in total. The van der Waals surface area contributed by atoms with Crippen LogP contribution in [0.4, 0.5) is 5.69 Å². The summed E-state index contributed by atoms with van der Waals surface area (Å²) in [4.78, 5) is 17.5. The zero-order valence-corrected chi connectivity index (χ0v) is 13.9. The van der Waals surface area contributed by atoms with Gasteiger partial charge in [0.05, 0.1) is 17.6 Å². The van der Waals surface area contributed by atoms with Gasteiger partial charge < -0.3 is 15.7 Å². The van der Waals surface area contributed by atoms with Gasteiger partial charge in [-0.15, -0.1) is 11.3 Å². The normalized spacial score (nSPS) is 10.9. The summed E-state index contributed by atoms with van der Waals surface area (Å²) in [6.07, 6.45) is 6.47. The molecule has 0 radical (unpaired) electrons. The van der Waals surface area contributed by atoms with Crippen molar-refractivity contribution in [1.82, 2.24) is 10.3 Å². The molecule has 0 fully saturated rings. The molecule has 0 saturated heterocycles. The third-order valence-corrected chi connectivity index (χ3v) is 4.18. The largest absolute Gasteiger partial charge is 0.396 e. The zero-order chi connectivity index (χ0) is 16.5. The Morgan fingerprint density at radius 3 is 2.83 bits per heavy atom. The summed E-state index contributed by atoms with van der Waals surface area (Å²) >= 11 is 1.67. The molecule has 3 N–H and O–H groups in total. The quantitative estimate of drug-likeness (QED) is 0.649. The topological polar surface area (TPSA) is 74.2 Å². The number of carbonyl (C=O) groups is 1. The van der Waals surface area contributed by atoms with E-state index in [2.05, 4.69) is 15.6 Å². The number of nitrogens with zero attached hydrogens (tertiary/aromatic N) is 1. The summed E-state index contributed by atoms with van der Waals surface area (Å²) in [6.45, 7) is 2.94. The van der Waals surface area contributed by atoms with Gasteiger partial charge in [0, 0.05) is 42.8 Å². The van der Waals surface area contributed by atoms with E-state index in [-0.39, 0.29) is 12.5 Å².